The van der Waals surface area contributed by atoms with Crippen molar-refractivity contribution >= 4 is 0 Å². The Morgan fingerprint density at radius 3 is 2.65 bits per heavy atom. The molecule has 1 aliphatic carbocycles. The monoisotopic (exact) mass is 239 g/mol. The van der Waals surface area contributed by atoms with Crippen molar-refractivity contribution in [2.24, 2.45) is 5.73 Å². The third kappa shape index (κ3) is 2.66. The average molecular weight is 239 g/mol. The minimum absolute atomic E-state index is 0.204. The van der Waals surface area contributed by atoms with Gasteiger partial charge in [0.15, 0.2) is 0 Å². The van der Waals surface area contributed by atoms with Crippen LogP contribution in [0.3, 0.4) is 0 Å². The van der Waals surface area contributed by atoms with Gasteiger partial charge in [-0.15, -0.1) is 0 Å². The van der Waals surface area contributed by atoms with Crippen LogP contribution in [0.2, 0.25) is 0 Å². The lowest BCUT2D eigenvalue weighted by molar-refractivity contribution is -0.0858. The van der Waals surface area contributed by atoms with Crippen LogP contribution in [0.1, 0.15) is 51.2 Å². The quantitative estimate of drug-likeness (QED) is 0.847. The van der Waals surface area contributed by atoms with Crippen molar-refractivity contribution in [2.45, 2.75) is 57.1 Å². The average Bonchev–Trinajstić information content (AvgIpc) is 2.62. The van der Waals surface area contributed by atoms with Crippen LogP contribution in [-0.2, 0) is 16.8 Å². The number of rotatable bonds is 5. The lowest BCUT2D eigenvalue weighted by Gasteiger charge is -2.37. The zero-order valence-electron chi connectivity index (χ0n) is 10.8. The fourth-order valence-corrected chi connectivity index (χ4v) is 1.99. The van der Waals surface area contributed by atoms with Gasteiger partial charge in [0.25, 0.3) is 0 Å². The molecular formula is C12H21N3O2. The summed E-state index contributed by atoms with van der Waals surface area (Å²) in [5.74, 6) is 1.35. The summed E-state index contributed by atoms with van der Waals surface area (Å²) in [4.78, 5) is 4.42. The Balaban J connectivity index is 2.01. The van der Waals surface area contributed by atoms with Crippen LogP contribution >= 0.6 is 0 Å². The summed E-state index contributed by atoms with van der Waals surface area (Å²) in [7, 11) is 1.71. The Bertz CT molecular complexity index is 372. The van der Waals surface area contributed by atoms with E-state index in [0.29, 0.717) is 11.7 Å². The number of methoxy groups -OCH3 is 1. The Morgan fingerprint density at radius 1 is 1.47 bits per heavy atom. The largest absolute Gasteiger partial charge is 0.370 e. The zero-order valence-corrected chi connectivity index (χ0v) is 10.8. The summed E-state index contributed by atoms with van der Waals surface area (Å²) in [6, 6.07) is 0. The second-order valence-electron chi connectivity index (χ2n) is 5.55. The molecule has 0 atom stereocenters. The second-order valence-corrected chi connectivity index (χ2v) is 5.55. The third-order valence-corrected chi connectivity index (χ3v) is 3.41. The van der Waals surface area contributed by atoms with Crippen molar-refractivity contribution in [3.8, 4) is 0 Å². The highest BCUT2D eigenvalue weighted by molar-refractivity contribution is 5.06. The van der Waals surface area contributed by atoms with Crippen molar-refractivity contribution < 1.29 is 9.26 Å². The van der Waals surface area contributed by atoms with Gasteiger partial charge in [0, 0.05) is 19.1 Å². The van der Waals surface area contributed by atoms with E-state index in [1.807, 2.05) is 13.8 Å². The van der Waals surface area contributed by atoms with Gasteiger partial charge in [-0.05, 0) is 39.5 Å². The van der Waals surface area contributed by atoms with Crippen molar-refractivity contribution in [3.63, 3.8) is 0 Å². The van der Waals surface area contributed by atoms with Gasteiger partial charge < -0.3 is 15.0 Å². The predicted molar refractivity (Wildman–Crippen MR) is 63.4 cm³/mol. The molecule has 5 nitrogen and oxygen atoms in total. The molecule has 0 saturated heterocycles. The number of aryl methyl sites for hydroxylation is 1. The molecule has 96 valence electrons. The molecule has 17 heavy (non-hydrogen) atoms. The van der Waals surface area contributed by atoms with Gasteiger partial charge in [-0.25, -0.2) is 0 Å². The van der Waals surface area contributed by atoms with E-state index < -0.39 is 0 Å². The molecule has 1 aromatic heterocycles. The summed E-state index contributed by atoms with van der Waals surface area (Å²) in [6.07, 6.45) is 4.66. The maximum atomic E-state index is 5.92. The van der Waals surface area contributed by atoms with Crippen molar-refractivity contribution in [2.75, 3.05) is 7.11 Å². The van der Waals surface area contributed by atoms with Gasteiger partial charge in [0.05, 0.1) is 0 Å². The number of nitrogens with two attached hydrogens (primary N) is 1. The van der Waals surface area contributed by atoms with Gasteiger partial charge in [-0.2, -0.15) is 4.98 Å². The molecule has 0 aromatic carbocycles. The molecule has 0 amide bonds. The molecule has 0 aliphatic heterocycles. The molecule has 0 unspecified atom stereocenters. The number of hydrogen-bond donors (Lipinski definition) is 1. The highest BCUT2D eigenvalue weighted by Crippen LogP contribution is 2.42. The number of hydrogen-bond acceptors (Lipinski definition) is 5. The van der Waals surface area contributed by atoms with Gasteiger partial charge in [-0.1, -0.05) is 5.16 Å². The minimum Gasteiger partial charge on any atom is -0.370 e. The Labute approximate surface area is 102 Å². The number of aromatic nitrogens is 2. The standard InChI is InChI=1S/C12H21N3O2/c1-11(2,13)8-5-9-14-10(15-17-9)12(16-3)6-4-7-12/h4-8,13H2,1-3H3. The maximum absolute atomic E-state index is 5.92. The van der Waals surface area contributed by atoms with Crippen LogP contribution in [0, 0.1) is 0 Å². The molecule has 1 aromatic rings. The summed E-state index contributed by atoms with van der Waals surface area (Å²) >= 11 is 0. The smallest absolute Gasteiger partial charge is 0.226 e. The van der Waals surface area contributed by atoms with Crippen LogP contribution in [0.5, 0.6) is 0 Å². The third-order valence-electron chi connectivity index (χ3n) is 3.41. The molecule has 1 fully saturated rings. The van der Waals surface area contributed by atoms with Gasteiger partial charge in [0.2, 0.25) is 11.7 Å². The Kier molecular flexibility index (Phi) is 3.23. The van der Waals surface area contributed by atoms with E-state index in [1.165, 1.54) is 0 Å². The molecule has 0 bridgehead atoms. The second kappa shape index (κ2) is 4.38. The molecule has 0 spiro atoms. The molecule has 1 saturated carbocycles. The molecule has 1 heterocycles. The number of ether oxygens (including phenoxy) is 1. The van der Waals surface area contributed by atoms with Crippen LogP contribution in [0.25, 0.3) is 0 Å². The van der Waals surface area contributed by atoms with E-state index in [9.17, 15) is 0 Å². The lowest BCUT2D eigenvalue weighted by atomic mass is 9.79. The summed E-state index contributed by atoms with van der Waals surface area (Å²) < 4.78 is 10.8. The highest BCUT2D eigenvalue weighted by Gasteiger charge is 2.43. The van der Waals surface area contributed by atoms with Gasteiger partial charge in [-0.3, -0.25) is 0 Å². The van der Waals surface area contributed by atoms with Crippen LogP contribution < -0.4 is 5.73 Å². The topological polar surface area (TPSA) is 74.2 Å². The molecule has 5 heteroatoms. The molecule has 2 rings (SSSR count). The first-order chi connectivity index (χ1) is 7.95. The number of nitrogens with zero attached hydrogens (tertiary/aromatic N) is 2. The van der Waals surface area contributed by atoms with Crippen molar-refractivity contribution in [1.29, 1.82) is 0 Å². The fourth-order valence-electron chi connectivity index (χ4n) is 1.99. The Hall–Kier alpha value is -0.940. The van der Waals surface area contributed by atoms with Crippen LogP contribution in [-0.4, -0.2) is 22.8 Å². The fraction of sp³-hybridized carbons (Fsp3) is 0.833. The SMILES string of the molecule is COC1(c2noc(CCC(C)(C)N)n2)CCC1. The Morgan fingerprint density at radius 2 is 2.18 bits per heavy atom. The van der Waals surface area contributed by atoms with Gasteiger partial charge in [0.1, 0.15) is 5.60 Å². The normalized spacial score (nSPS) is 19.1. The molecule has 2 N–H and O–H groups in total. The summed E-state index contributed by atoms with van der Waals surface area (Å²) in [6.45, 7) is 3.99. The first kappa shape index (κ1) is 12.5. The van der Waals surface area contributed by atoms with E-state index in [-0.39, 0.29) is 11.1 Å². The van der Waals surface area contributed by atoms with Crippen molar-refractivity contribution in [3.05, 3.63) is 11.7 Å². The first-order valence-electron chi connectivity index (χ1n) is 6.12. The lowest BCUT2D eigenvalue weighted by Crippen LogP contribution is -2.37. The van der Waals surface area contributed by atoms with E-state index in [1.54, 1.807) is 7.11 Å². The maximum Gasteiger partial charge on any atom is 0.226 e. The summed E-state index contributed by atoms with van der Waals surface area (Å²) in [5, 5.41) is 4.03. The van der Waals surface area contributed by atoms with E-state index in [2.05, 4.69) is 10.1 Å². The molecular weight excluding hydrogens is 218 g/mol. The molecule has 0 radical (unpaired) electrons. The van der Waals surface area contributed by atoms with E-state index >= 15 is 0 Å². The van der Waals surface area contributed by atoms with Crippen LogP contribution in [0.15, 0.2) is 4.52 Å². The predicted octanol–water partition coefficient (Wildman–Crippen LogP) is 1.77. The van der Waals surface area contributed by atoms with Gasteiger partial charge >= 0.3 is 0 Å². The van der Waals surface area contributed by atoms with Crippen LogP contribution in [0.4, 0.5) is 0 Å². The zero-order chi connectivity index (χ0) is 12.5. The van der Waals surface area contributed by atoms with Crippen molar-refractivity contribution in [1.82, 2.24) is 10.1 Å². The molecule has 1 aliphatic rings. The minimum atomic E-state index is -0.292. The highest BCUT2D eigenvalue weighted by atomic mass is 16.5. The first-order valence-corrected chi connectivity index (χ1v) is 6.12. The van der Waals surface area contributed by atoms with E-state index in [0.717, 1.165) is 32.1 Å². The van der Waals surface area contributed by atoms with E-state index in [4.69, 9.17) is 15.0 Å². The summed E-state index contributed by atoms with van der Waals surface area (Å²) in [5.41, 5.74) is 5.43.